The minimum absolute atomic E-state index is 0.795. The van der Waals surface area contributed by atoms with Gasteiger partial charge in [0.15, 0.2) is 0 Å². The lowest BCUT2D eigenvalue weighted by molar-refractivity contribution is 0.527. The number of hydrogen-bond acceptors (Lipinski definition) is 2. The van der Waals surface area contributed by atoms with Crippen LogP contribution in [0, 0.1) is 6.92 Å². The van der Waals surface area contributed by atoms with Gasteiger partial charge in [0.2, 0.25) is 0 Å². The maximum atomic E-state index is 5.81. The summed E-state index contributed by atoms with van der Waals surface area (Å²) < 4.78 is 5.81. The third-order valence-corrected chi connectivity index (χ3v) is 2.98. The Hall–Kier alpha value is -1.28. The van der Waals surface area contributed by atoms with Crippen molar-refractivity contribution in [2.75, 3.05) is 7.05 Å². The summed E-state index contributed by atoms with van der Waals surface area (Å²) in [6.07, 6.45) is 2.33. The molecular weight excluding hydrogens is 198 g/mol. The predicted octanol–water partition coefficient (Wildman–Crippen LogP) is 3.41. The number of aryl methyl sites for hydroxylation is 2. The van der Waals surface area contributed by atoms with Gasteiger partial charge in [-0.05, 0) is 43.7 Å². The van der Waals surface area contributed by atoms with E-state index in [-0.39, 0.29) is 0 Å². The summed E-state index contributed by atoms with van der Waals surface area (Å²) in [6, 6.07) is 6.52. The van der Waals surface area contributed by atoms with Crippen LogP contribution in [0.2, 0.25) is 0 Å². The van der Waals surface area contributed by atoms with E-state index in [1.165, 1.54) is 22.9 Å². The van der Waals surface area contributed by atoms with Gasteiger partial charge in [-0.3, -0.25) is 0 Å². The molecule has 86 valence electrons. The average Bonchev–Trinajstić information content (AvgIpc) is 2.58. The normalized spacial score (nSPS) is 11.2. The Labute approximate surface area is 96.6 Å². The van der Waals surface area contributed by atoms with E-state index in [4.69, 9.17) is 4.42 Å². The first-order valence-corrected chi connectivity index (χ1v) is 5.91. The van der Waals surface area contributed by atoms with Crippen molar-refractivity contribution in [2.45, 2.75) is 33.2 Å². The van der Waals surface area contributed by atoms with E-state index in [1.54, 1.807) is 0 Å². The van der Waals surface area contributed by atoms with E-state index >= 15 is 0 Å². The second-order valence-electron chi connectivity index (χ2n) is 4.26. The van der Waals surface area contributed by atoms with Gasteiger partial charge in [-0.15, -0.1) is 0 Å². The first-order chi connectivity index (χ1) is 7.76. The van der Waals surface area contributed by atoms with Crippen LogP contribution in [0.25, 0.3) is 11.0 Å². The van der Waals surface area contributed by atoms with E-state index in [1.807, 2.05) is 7.05 Å². The SMILES string of the molecule is CCCc1ccc2oc(CNC)c(C)c2c1. The molecule has 0 bridgehead atoms. The molecule has 0 aliphatic rings. The molecule has 0 aliphatic carbocycles. The molecule has 0 amide bonds. The third-order valence-electron chi connectivity index (χ3n) is 2.98. The molecule has 0 saturated heterocycles. The van der Waals surface area contributed by atoms with E-state index in [2.05, 4.69) is 37.4 Å². The lowest BCUT2D eigenvalue weighted by atomic mass is 10.1. The summed E-state index contributed by atoms with van der Waals surface area (Å²) in [5.41, 5.74) is 3.67. The molecule has 0 spiro atoms. The predicted molar refractivity (Wildman–Crippen MR) is 67.7 cm³/mol. The molecule has 16 heavy (non-hydrogen) atoms. The number of nitrogens with one attached hydrogen (secondary N) is 1. The van der Waals surface area contributed by atoms with Gasteiger partial charge in [-0.2, -0.15) is 0 Å². The fourth-order valence-electron chi connectivity index (χ4n) is 2.09. The molecule has 2 aromatic rings. The molecule has 1 heterocycles. The van der Waals surface area contributed by atoms with Gasteiger partial charge in [0.05, 0.1) is 6.54 Å². The van der Waals surface area contributed by atoms with Gasteiger partial charge in [-0.1, -0.05) is 19.4 Å². The Morgan fingerprint density at radius 2 is 2.12 bits per heavy atom. The lowest BCUT2D eigenvalue weighted by Crippen LogP contribution is -2.04. The summed E-state index contributed by atoms with van der Waals surface area (Å²) in [7, 11) is 1.94. The molecular formula is C14H19NO. The fourth-order valence-corrected chi connectivity index (χ4v) is 2.09. The van der Waals surface area contributed by atoms with Crippen LogP contribution in [-0.2, 0) is 13.0 Å². The monoisotopic (exact) mass is 217 g/mol. The molecule has 1 N–H and O–H groups in total. The first-order valence-electron chi connectivity index (χ1n) is 5.91. The summed E-state index contributed by atoms with van der Waals surface area (Å²) in [6.45, 7) is 5.14. The second kappa shape index (κ2) is 4.71. The smallest absolute Gasteiger partial charge is 0.134 e. The van der Waals surface area contributed by atoms with Crippen molar-refractivity contribution < 1.29 is 4.42 Å². The van der Waals surface area contributed by atoms with Crippen molar-refractivity contribution in [2.24, 2.45) is 0 Å². The molecule has 2 heteroatoms. The highest BCUT2D eigenvalue weighted by Crippen LogP contribution is 2.26. The van der Waals surface area contributed by atoms with Crippen LogP contribution in [0.15, 0.2) is 22.6 Å². The highest BCUT2D eigenvalue weighted by molar-refractivity contribution is 5.82. The molecule has 0 atom stereocenters. The van der Waals surface area contributed by atoms with Crippen LogP contribution in [-0.4, -0.2) is 7.05 Å². The quantitative estimate of drug-likeness (QED) is 0.849. The van der Waals surface area contributed by atoms with Crippen molar-refractivity contribution >= 4 is 11.0 Å². The van der Waals surface area contributed by atoms with E-state index in [9.17, 15) is 0 Å². The van der Waals surface area contributed by atoms with E-state index in [0.717, 1.165) is 24.3 Å². The van der Waals surface area contributed by atoms with Crippen LogP contribution in [0.3, 0.4) is 0 Å². The fraction of sp³-hybridized carbons (Fsp3) is 0.429. The molecule has 0 radical (unpaired) electrons. The molecule has 2 nitrogen and oxygen atoms in total. The Kier molecular flexibility index (Phi) is 3.30. The standard InChI is InChI=1S/C14H19NO/c1-4-5-11-6-7-13-12(8-11)10(2)14(16-13)9-15-3/h6-8,15H,4-5,9H2,1-3H3. The van der Waals surface area contributed by atoms with Gasteiger partial charge in [0.25, 0.3) is 0 Å². The Morgan fingerprint density at radius 3 is 2.81 bits per heavy atom. The number of rotatable bonds is 4. The molecule has 0 saturated carbocycles. The number of furan rings is 1. The minimum atomic E-state index is 0.795. The van der Waals surface area contributed by atoms with Gasteiger partial charge in [0, 0.05) is 5.39 Å². The molecule has 0 unspecified atom stereocenters. The van der Waals surface area contributed by atoms with Gasteiger partial charge in [0.1, 0.15) is 11.3 Å². The summed E-state index contributed by atoms with van der Waals surface area (Å²) in [5, 5.41) is 4.39. The minimum Gasteiger partial charge on any atom is -0.459 e. The van der Waals surface area contributed by atoms with Crippen LogP contribution >= 0.6 is 0 Å². The van der Waals surface area contributed by atoms with Gasteiger partial charge >= 0.3 is 0 Å². The molecule has 1 aromatic heterocycles. The average molecular weight is 217 g/mol. The lowest BCUT2D eigenvalue weighted by Gasteiger charge is -1.98. The third kappa shape index (κ3) is 1.98. The Morgan fingerprint density at radius 1 is 1.31 bits per heavy atom. The molecule has 0 fully saturated rings. The van der Waals surface area contributed by atoms with Crippen LogP contribution in [0.1, 0.15) is 30.2 Å². The van der Waals surface area contributed by atoms with Crippen LogP contribution < -0.4 is 5.32 Å². The van der Waals surface area contributed by atoms with E-state index in [0.29, 0.717) is 0 Å². The van der Waals surface area contributed by atoms with Crippen molar-refractivity contribution in [3.63, 3.8) is 0 Å². The van der Waals surface area contributed by atoms with Crippen LogP contribution in [0.4, 0.5) is 0 Å². The summed E-state index contributed by atoms with van der Waals surface area (Å²) in [4.78, 5) is 0. The number of fused-ring (bicyclic) bond motifs is 1. The zero-order chi connectivity index (χ0) is 11.5. The highest BCUT2D eigenvalue weighted by atomic mass is 16.3. The zero-order valence-electron chi connectivity index (χ0n) is 10.3. The maximum absolute atomic E-state index is 5.81. The van der Waals surface area contributed by atoms with Crippen molar-refractivity contribution in [1.29, 1.82) is 0 Å². The zero-order valence-corrected chi connectivity index (χ0v) is 10.3. The topological polar surface area (TPSA) is 25.2 Å². The van der Waals surface area contributed by atoms with Crippen molar-refractivity contribution in [3.8, 4) is 0 Å². The molecule has 1 aromatic carbocycles. The van der Waals surface area contributed by atoms with Crippen molar-refractivity contribution in [3.05, 3.63) is 35.1 Å². The summed E-state index contributed by atoms with van der Waals surface area (Å²) >= 11 is 0. The number of benzene rings is 1. The maximum Gasteiger partial charge on any atom is 0.134 e. The van der Waals surface area contributed by atoms with Crippen LogP contribution in [0.5, 0.6) is 0 Å². The van der Waals surface area contributed by atoms with E-state index < -0.39 is 0 Å². The first kappa shape index (κ1) is 11.2. The van der Waals surface area contributed by atoms with Gasteiger partial charge in [-0.25, -0.2) is 0 Å². The van der Waals surface area contributed by atoms with Crippen molar-refractivity contribution in [1.82, 2.24) is 5.32 Å². The number of hydrogen-bond donors (Lipinski definition) is 1. The highest BCUT2D eigenvalue weighted by Gasteiger charge is 2.09. The Bertz CT molecular complexity index is 485. The summed E-state index contributed by atoms with van der Waals surface area (Å²) in [5.74, 6) is 1.05. The largest absolute Gasteiger partial charge is 0.459 e. The Balaban J connectivity index is 2.46. The molecule has 0 aliphatic heterocycles. The van der Waals surface area contributed by atoms with Gasteiger partial charge < -0.3 is 9.73 Å². The second-order valence-corrected chi connectivity index (χ2v) is 4.26. The molecule has 2 rings (SSSR count).